The number of nitrogens with zero attached hydrogens (tertiary/aromatic N) is 3. The first-order valence-electron chi connectivity index (χ1n) is 8.64. The summed E-state index contributed by atoms with van der Waals surface area (Å²) < 4.78 is 11.2. The summed E-state index contributed by atoms with van der Waals surface area (Å²) in [6.45, 7) is 7.37. The van der Waals surface area contributed by atoms with Crippen LogP contribution in [0.4, 0.5) is 0 Å². The van der Waals surface area contributed by atoms with Crippen LogP contribution in [0.25, 0.3) is 0 Å². The van der Waals surface area contributed by atoms with E-state index in [9.17, 15) is 4.79 Å². The lowest BCUT2D eigenvalue weighted by atomic mass is 10.1. The van der Waals surface area contributed by atoms with E-state index in [4.69, 9.17) is 9.15 Å². The molecule has 0 bridgehead atoms. The minimum absolute atomic E-state index is 0.0163. The molecule has 1 amide bonds. The molecule has 25 heavy (non-hydrogen) atoms. The topological polar surface area (TPSA) is 80.5 Å². The number of furan rings is 1. The van der Waals surface area contributed by atoms with E-state index in [0.29, 0.717) is 25.3 Å². The highest BCUT2D eigenvalue weighted by atomic mass is 16.5. The minimum Gasteiger partial charge on any atom is -0.465 e. The quantitative estimate of drug-likeness (QED) is 0.860. The van der Waals surface area contributed by atoms with Crippen LogP contribution >= 0.6 is 0 Å². The molecule has 0 aliphatic carbocycles. The Morgan fingerprint density at radius 3 is 2.60 bits per heavy atom. The van der Waals surface area contributed by atoms with Gasteiger partial charge in [0.25, 0.3) is 5.91 Å². The van der Waals surface area contributed by atoms with Crippen LogP contribution in [0.5, 0.6) is 0 Å². The predicted molar refractivity (Wildman–Crippen MR) is 92.3 cm³/mol. The molecule has 1 atom stereocenters. The Morgan fingerprint density at radius 2 is 2.00 bits per heavy atom. The van der Waals surface area contributed by atoms with Gasteiger partial charge in [0.1, 0.15) is 17.3 Å². The average molecular weight is 344 g/mol. The van der Waals surface area contributed by atoms with Gasteiger partial charge in [0.15, 0.2) is 0 Å². The average Bonchev–Trinajstić information content (AvgIpc) is 3.09. The molecule has 1 aliphatic rings. The molecule has 0 radical (unpaired) electrons. The Balaban J connectivity index is 1.67. The Hall–Kier alpha value is -2.25. The van der Waals surface area contributed by atoms with Gasteiger partial charge in [-0.2, -0.15) is 0 Å². The molecule has 0 spiro atoms. The van der Waals surface area contributed by atoms with Crippen LogP contribution in [0.2, 0.25) is 0 Å². The Kier molecular flexibility index (Phi) is 5.78. The summed E-state index contributed by atoms with van der Waals surface area (Å²) in [5.74, 6) is 2.28. The molecular formula is C18H24N4O3. The predicted octanol–water partition coefficient (Wildman–Crippen LogP) is 1.74. The number of carbonyl (C=O) groups excluding carboxylic acids is 1. The number of aryl methyl sites for hydroxylation is 2. The largest absolute Gasteiger partial charge is 0.465 e. The van der Waals surface area contributed by atoms with E-state index in [1.165, 1.54) is 0 Å². The molecule has 0 unspecified atom stereocenters. The van der Waals surface area contributed by atoms with E-state index in [2.05, 4.69) is 20.2 Å². The van der Waals surface area contributed by atoms with Crippen LogP contribution in [0.15, 0.2) is 28.9 Å². The molecule has 1 N–H and O–H groups in total. The minimum atomic E-state index is -0.177. The monoisotopic (exact) mass is 344 g/mol. The van der Waals surface area contributed by atoms with Gasteiger partial charge in [0.05, 0.1) is 24.8 Å². The maximum absolute atomic E-state index is 12.4. The fraction of sp³-hybridized carbons (Fsp3) is 0.500. The second kappa shape index (κ2) is 8.22. The summed E-state index contributed by atoms with van der Waals surface area (Å²) in [4.78, 5) is 23.0. The molecular weight excluding hydrogens is 320 g/mol. The molecule has 134 valence electrons. The van der Waals surface area contributed by atoms with Crippen molar-refractivity contribution in [3.8, 4) is 0 Å². The van der Waals surface area contributed by atoms with Gasteiger partial charge in [-0.05, 0) is 19.1 Å². The molecule has 3 rings (SSSR count). The SMILES string of the molecule is CCc1ncc(C(=O)NC[C@@H](c2ccc(C)o2)N2CCOCC2)cn1. The van der Waals surface area contributed by atoms with Crippen LogP contribution in [0, 0.1) is 6.92 Å². The number of amides is 1. The first-order valence-corrected chi connectivity index (χ1v) is 8.64. The standard InChI is InChI=1S/C18H24N4O3/c1-3-17-19-10-14(11-20-17)18(23)21-12-15(16-5-4-13(2)25-16)22-6-8-24-9-7-22/h4-5,10-11,15H,3,6-9,12H2,1-2H3,(H,21,23)/t15-/m0/s1. The smallest absolute Gasteiger partial charge is 0.254 e. The lowest BCUT2D eigenvalue weighted by Crippen LogP contribution is -2.43. The zero-order chi connectivity index (χ0) is 17.6. The molecule has 2 aromatic heterocycles. The maximum atomic E-state index is 12.4. The number of carbonyl (C=O) groups is 1. The number of hydrogen-bond acceptors (Lipinski definition) is 6. The first kappa shape index (κ1) is 17.6. The van der Waals surface area contributed by atoms with Crippen molar-refractivity contribution in [1.29, 1.82) is 0 Å². The van der Waals surface area contributed by atoms with Crippen LogP contribution in [0.3, 0.4) is 0 Å². The van der Waals surface area contributed by atoms with E-state index in [1.54, 1.807) is 12.4 Å². The number of hydrogen-bond donors (Lipinski definition) is 1. The highest BCUT2D eigenvalue weighted by molar-refractivity contribution is 5.93. The van der Waals surface area contributed by atoms with E-state index in [1.807, 2.05) is 26.0 Å². The van der Waals surface area contributed by atoms with E-state index >= 15 is 0 Å². The molecule has 7 heteroatoms. The van der Waals surface area contributed by atoms with Crippen molar-refractivity contribution in [2.75, 3.05) is 32.8 Å². The third-order valence-corrected chi connectivity index (χ3v) is 4.32. The summed E-state index contributed by atoms with van der Waals surface area (Å²) in [5.41, 5.74) is 0.466. The van der Waals surface area contributed by atoms with Gasteiger partial charge < -0.3 is 14.5 Å². The van der Waals surface area contributed by atoms with Gasteiger partial charge in [-0.25, -0.2) is 9.97 Å². The summed E-state index contributed by atoms with van der Waals surface area (Å²) in [7, 11) is 0. The molecule has 0 saturated carbocycles. The second-order valence-corrected chi connectivity index (χ2v) is 6.06. The van der Waals surface area contributed by atoms with Crippen LogP contribution in [-0.2, 0) is 11.2 Å². The van der Waals surface area contributed by atoms with Crippen molar-refractivity contribution < 1.29 is 13.9 Å². The number of ether oxygens (including phenoxy) is 1. The van der Waals surface area contributed by atoms with Crippen molar-refractivity contribution in [2.24, 2.45) is 0 Å². The summed E-state index contributed by atoms with van der Waals surface area (Å²) in [5, 5.41) is 2.98. The highest BCUT2D eigenvalue weighted by Gasteiger charge is 2.25. The molecule has 3 heterocycles. The van der Waals surface area contributed by atoms with Crippen molar-refractivity contribution in [3.63, 3.8) is 0 Å². The molecule has 1 aliphatic heterocycles. The van der Waals surface area contributed by atoms with Crippen molar-refractivity contribution in [2.45, 2.75) is 26.3 Å². The van der Waals surface area contributed by atoms with Crippen LogP contribution in [-0.4, -0.2) is 53.6 Å². The Bertz CT molecular complexity index is 693. The van der Waals surface area contributed by atoms with E-state index in [0.717, 1.165) is 36.9 Å². The molecule has 7 nitrogen and oxygen atoms in total. The Labute approximate surface area is 147 Å². The number of nitrogens with one attached hydrogen (secondary N) is 1. The first-order chi connectivity index (χ1) is 12.2. The maximum Gasteiger partial charge on any atom is 0.254 e. The molecule has 1 saturated heterocycles. The van der Waals surface area contributed by atoms with Gasteiger partial charge in [-0.15, -0.1) is 0 Å². The summed E-state index contributed by atoms with van der Waals surface area (Å²) in [6, 6.07) is 3.90. The van der Waals surface area contributed by atoms with Gasteiger partial charge in [0.2, 0.25) is 0 Å². The van der Waals surface area contributed by atoms with Gasteiger partial charge in [-0.3, -0.25) is 9.69 Å². The number of aromatic nitrogens is 2. The lowest BCUT2D eigenvalue weighted by molar-refractivity contribution is 0.0117. The zero-order valence-electron chi connectivity index (χ0n) is 14.7. The van der Waals surface area contributed by atoms with Crippen LogP contribution in [0.1, 0.15) is 40.7 Å². The molecule has 0 aromatic carbocycles. The van der Waals surface area contributed by atoms with Crippen LogP contribution < -0.4 is 5.32 Å². The van der Waals surface area contributed by atoms with E-state index in [-0.39, 0.29) is 11.9 Å². The van der Waals surface area contributed by atoms with E-state index < -0.39 is 0 Å². The summed E-state index contributed by atoms with van der Waals surface area (Å²) >= 11 is 0. The lowest BCUT2D eigenvalue weighted by Gasteiger charge is -2.33. The number of morpholine rings is 1. The highest BCUT2D eigenvalue weighted by Crippen LogP contribution is 2.23. The van der Waals surface area contributed by atoms with Crippen molar-refractivity contribution in [3.05, 3.63) is 47.4 Å². The summed E-state index contributed by atoms with van der Waals surface area (Å²) in [6.07, 6.45) is 3.89. The molecule has 1 fully saturated rings. The third-order valence-electron chi connectivity index (χ3n) is 4.32. The zero-order valence-corrected chi connectivity index (χ0v) is 14.7. The third kappa shape index (κ3) is 4.43. The second-order valence-electron chi connectivity index (χ2n) is 6.06. The van der Waals surface area contributed by atoms with Crippen molar-refractivity contribution >= 4 is 5.91 Å². The van der Waals surface area contributed by atoms with Crippen molar-refractivity contribution in [1.82, 2.24) is 20.2 Å². The van der Waals surface area contributed by atoms with Gasteiger partial charge in [0, 0.05) is 38.4 Å². The molecule has 2 aromatic rings. The van der Waals surface area contributed by atoms with Gasteiger partial charge >= 0.3 is 0 Å². The Morgan fingerprint density at radius 1 is 1.28 bits per heavy atom. The normalized spacial score (nSPS) is 16.6. The van der Waals surface area contributed by atoms with Gasteiger partial charge in [-0.1, -0.05) is 6.92 Å². The fourth-order valence-corrected chi connectivity index (χ4v) is 2.88. The fourth-order valence-electron chi connectivity index (χ4n) is 2.88. The number of rotatable bonds is 6.